The summed E-state index contributed by atoms with van der Waals surface area (Å²) in [5.41, 5.74) is 1.93. The number of carbonyl (C=O) groups is 1. The van der Waals surface area contributed by atoms with Crippen LogP contribution in [0.1, 0.15) is 17.7 Å². The van der Waals surface area contributed by atoms with Crippen molar-refractivity contribution in [2.75, 3.05) is 18.4 Å². The van der Waals surface area contributed by atoms with Crippen LogP contribution >= 0.6 is 0 Å². The van der Waals surface area contributed by atoms with Gasteiger partial charge in [0.1, 0.15) is 23.6 Å². The zero-order valence-corrected chi connectivity index (χ0v) is 15.1. The molecule has 0 saturated carbocycles. The number of aromatic amines is 1. The Morgan fingerprint density at radius 2 is 2.25 bits per heavy atom. The molecule has 3 aromatic rings. The maximum Gasteiger partial charge on any atom is 0.246 e. The van der Waals surface area contributed by atoms with Crippen LogP contribution in [0.3, 0.4) is 0 Å². The van der Waals surface area contributed by atoms with Gasteiger partial charge in [0.2, 0.25) is 5.91 Å². The molecule has 140 valence electrons. The number of amides is 1. The van der Waals surface area contributed by atoms with E-state index in [1.54, 1.807) is 17.0 Å². The van der Waals surface area contributed by atoms with Crippen LogP contribution in [0.4, 0.5) is 10.2 Å². The summed E-state index contributed by atoms with van der Waals surface area (Å²) in [5, 5.41) is 4.21. The van der Waals surface area contributed by atoms with Gasteiger partial charge < -0.3 is 15.2 Å². The molecule has 6 nitrogen and oxygen atoms in total. The first-order valence-corrected chi connectivity index (χ1v) is 8.91. The molecule has 1 aromatic carbocycles. The second-order valence-corrected chi connectivity index (χ2v) is 6.55. The first kappa shape index (κ1) is 17.7. The maximum absolute atomic E-state index is 13.3. The third-order valence-electron chi connectivity index (χ3n) is 4.61. The van der Waals surface area contributed by atoms with Crippen LogP contribution in [0.15, 0.2) is 49.3 Å². The Hall–Kier alpha value is -3.66. The molecule has 2 aromatic heterocycles. The molecule has 0 radical (unpaired) electrons. The summed E-state index contributed by atoms with van der Waals surface area (Å²) >= 11 is 0. The van der Waals surface area contributed by atoms with Gasteiger partial charge in [-0.1, -0.05) is 18.6 Å². The molecule has 1 atom stereocenters. The molecule has 0 aliphatic carbocycles. The van der Waals surface area contributed by atoms with E-state index >= 15 is 0 Å². The van der Waals surface area contributed by atoms with Gasteiger partial charge in [-0.25, -0.2) is 14.4 Å². The van der Waals surface area contributed by atoms with Crippen molar-refractivity contribution >= 4 is 22.8 Å². The normalized spacial score (nSPS) is 15.9. The van der Waals surface area contributed by atoms with Gasteiger partial charge in [-0.05, 0) is 42.7 Å². The van der Waals surface area contributed by atoms with E-state index in [-0.39, 0.29) is 17.8 Å². The number of aromatic nitrogens is 3. The zero-order chi connectivity index (χ0) is 19.5. The van der Waals surface area contributed by atoms with Gasteiger partial charge >= 0.3 is 0 Å². The molecule has 1 aliphatic heterocycles. The lowest BCUT2D eigenvalue weighted by molar-refractivity contribution is -0.125. The number of nitrogens with one attached hydrogen (secondary N) is 2. The van der Waals surface area contributed by atoms with Crippen molar-refractivity contribution in [1.29, 1.82) is 0 Å². The summed E-state index contributed by atoms with van der Waals surface area (Å²) in [5.74, 6) is 6.25. The number of hydrogen-bond donors (Lipinski definition) is 2. The summed E-state index contributed by atoms with van der Waals surface area (Å²) in [6, 6.07) is 8.12. The van der Waals surface area contributed by atoms with Crippen LogP contribution < -0.4 is 5.32 Å². The van der Waals surface area contributed by atoms with Crippen LogP contribution in [0.2, 0.25) is 0 Å². The van der Waals surface area contributed by atoms with Crippen molar-refractivity contribution in [2.24, 2.45) is 0 Å². The number of H-pyrrole nitrogens is 1. The number of halogens is 1. The molecular weight excluding hydrogens is 357 g/mol. The molecule has 28 heavy (non-hydrogen) atoms. The minimum atomic E-state index is -0.318. The molecule has 3 heterocycles. The fourth-order valence-electron chi connectivity index (χ4n) is 3.23. The van der Waals surface area contributed by atoms with Gasteiger partial charge in [0.15, 0.2) is 0 Å². The van der Waals surface area contributed by atoms with Gasteiger partial charge in [-0.3, -0.25) is 4.79 Å². The smallest absolute Gasteiger partial charge is 0.246 e. The summed E-state index contributed by atoms with van der Waals surface area (Å²) in [6.07, 6.45) is 3.65. The quantitative estimate of drug-likeness (QED) is 0.545. The highest BCUT2D eigenvalue weighted by Gasteiger charge is 2.25. The Morgan fingerprint density at radius 3 is 3.07 bits per heavy atom. The number of benzene rings is 1. The first-order chi connectivity index (χ1) is 13.6. The molecule has 1 saturated heterocycles. The van der Waals surface area contributed by atoms with Crippen LogP contribution in [0.5, 0.6) is 0 Å². The van der Waals surface area contributed by atoms with E-state index in [1.807, 2.05) is 6.07 Å². The fourth-order valence-corrected chi connectivity index (χ4v) is 3.23. The number of carbonyl (C=O) groups excluding carboxylic acids is 1. The van der Waals surface area contributed by atoms with Crippen LogP contribution in [0.25, 0.3) is 11.0 Å². The topological polar surface area (TPSA) is 73.9 Å². The third-order valence-corrected chi connectivity index (χ3v) is 4.61. The van der Waals surface area contributed by atoms with E-state index < -0.39 is 0 Å². The molecule has 1 aliphatic rings. The van der Waals surface area contributed by atoms with Crippen molar-refractivity contribution in [3.8, 4) is 11.8 Å². The first-order valence-electron chi connectivity index (χ1n) is 8.91. The molecule has 7 heteroatoms. The van der Waals surface area contributed by atoms with Crippen molar-refractivity contribution in [3.05, 3.63) is 66.4 Å². The van der Waals surface area contributed by atoms with Crippen molar-refractivity contribution < 1.29 is 9.18 Å². The number of rotatable bonds is 3. The molecule has 1 fully saturated rings. The minimum Gasteiger partial charge on any atom is -0.365 e. The minimum absolute atomic E-state index is 0.0614. The highest BCUT2D eigenvalue weighted by molar-refractivity contribution is 5.89. The second-order valence-electron chi connectivity index (χ2n) is 6.55. The van der Waals surface area contributed by atoms with Crippen molar-refractivity contribution in [2.45, 2.75) is 12.5 Å². The largest absolute Gasteiger partial charge is 0.365 e. The molecule has 2 N–H and O–H groups in total. The molecule has 1 amide bonds. The number of anilines is 1. The predicted octanol–water partition coefficient (Wildman–Crippen LogP) is 2.70. The number of nitrogens with zero attached hydrogens (tertiary/aromatic N) is 3. The molecule has 0 bridgehead atoms. The number of fused-ring (bicyclic) bond motifs is 1. The maximum atomic E-state index is 13.3. The lowest BCUT2D eigenvalue weighted by Gasteiger charge is -2.15. The zero-order valence-electron chi connectivity index (χ0n) is 15.1. The number of likely N-dealkylation sites (tertiary alicyclic amines) is 1. The Kier molecular flexibility index (Phi) is 4.77. The van der Waals surface area contributed by atoms with Crippen LogP contribution in [0, 0.1) is 17.7 Å². The Bertz CT molecular complexity index is 1110. The highest BCUT2D eigenvalue weighted by atomic mass is 19.1. The number of hydrogen-bond acceptors (Lipinski definition) is 4. The summed E-state index contributed by atoms with van der Waals surface area (Å²) in [4.78, 5) is 25.2. The van der Waals surface area contributed by atoms with E-state index in [0.29, 0.717) is 35.8 Å². The summed E-state index contributed by atoms with van der Waals surface area (Å²) < 4.78 is 13.3. The van der Waals surface area contributed by atoms with Crippen molar-refractivity contribution in [1.82, 2.24) is 19.9 Å². The van der Waals surface area contributed by atoms with Gasteiger partial charge in [-0.15, -0.1) is 0 Å². The standard InChI is InChI=1S/C21H18FN5O/c1-2-19(28)27-9-8-17(12-27)26-21-18-11-16(25-20(18)23-13-24-21)7-6-14-4-3-5-15(22)10-14/h2-5,10-11,13,17H,1,8-9,12H2,(H2,23,24,25,26)/t17-/m1/s1. The van der Waals surface area contributed by atoms with E-state index in [4.69, 9.17) is 0 Å². The van der Waals surface area contributed by atoms with Gasteiger partial charge in [0.05, 0.1) is 11.1 Å². The molecule has 0 unspecified atom stereocenters. The SMILES string of the molecule is C=CC(=O)N1CC[C@@H](Nc2ncnc3[nH]c(C#Cc4cccc(F)c4)cc23)C1. The highest BCUT2D eigenvalue weighted by Crippen LogP contribution is 2.23. The Balaban J connectivity index is 1.55. The van der Waals surface area contributed by atoms with Crippen LogP contribution in [-0.4, -0.2) is 44.9 Å². The average Bonchev–Trinajstić information content (AvgIpc) is 3.33. The third kappa shape index (κ3) is 3.71. The lowest BCUT2D eigenvalue weighted by atomic mass is 10.2. The van der Waals surface area contributed by atoms with Gasteiger partial charge in [-0.2, -0.15) is 0 Å². The van der Waals surface area contributed by atoms with Crippen LogP contribution in [-0.2, 0) is 4.79 Å². The van der Waals surface area contributed by atoms with E-state index in [1.165, 1.54) is 24.5 Å². The van der Waals surface area contributed by atoms with E-state index in [2.05, 4.69) is 38.7 Å². The summed E-state index contributed by atoms with van der Waals surface area (Å²) in [6.45, 7) is 4.82. The van der Waals surface area contributed by atoms with E-state index in [0.717, 1.165) is 11.8 Å². The van der Waals surface area contributed by atoms with Gasteiger partial charge in [0.25, 0.3) is 0 Å². The van der Waals surface area contributed by atoms with E-state index in [9.17, 15) is 9.18 Å². The lowest BCUT2D eigenvalue weighted by Crippen LogP contribution is -2.30. The Labute approximate surface area is 161 Å². The second kappa shape index (κ2) is 7.53. The monoisotopic (exact) mass is 375 g/mol. The average molecular weight is 375 g/mol. The van der Waals surface area contributed by atoms with Crippen molar-refractivity contribution in [3.63, 3.8) is 0 Å². The van der Waals surface area contributed by atoms with Gasteiger partial charge in [0, 0.05) is 24.7 Å². The fraction of sp³-hybridized carbons (Fsp3) is 0.190. The predicted molar refractivity (Wildman–Crippen MR) is 105 cm³/mol. The molecule has 4 rings (SSSR count). The molecular formula is C21H18FN5O. The summed E-state index contributed by atoms with van der Waals surface area (Å²) in [7, 11) is 0. The molecule has 0 spiro atoms. The Morgan fingerprint density at radius 1 is 1.36 bits per heavy atom.